The first-order valence-electron chi connectivity index (χ1n) is 7.08. The molecule has 0 fully saturated rings. The van der Waals surface area contributed by atoms with Crippen molar-refractivity contribution in [3.63, 3.8) is 0 Å². The maximum absolute atomic E-state index is 9.76. The molecule has 1 N–H and O–H groups in total. The van der Waals surface area contributed by atoms with Gasteiger partial charge in [0, 0.05) is 6.04 Å². The Hall–Kier alpha value is -2.31. The molecule has 0 heterocycles. The maximum atomic E-state index is 9.76. The zero-order valence-corrected chi connectivity index (χ0v) is 12.4. The minimum atomic E-state index is -0.856. The molecule has 1 atom stereocenters. The highest BCUT2D eigenvalue weighted by molar-refractivity contribution is 5.32. The second kappa shape index (κ2) is 6.92. The smallest absolute Gasteiger partial charge is 0.166 e. The highest BCUT2D eigenvalue weighted by Gasteiger charge is 2.33. The van der Waals surface area contributed by atoms with Crippen molar-refractivity contribution in [1.82, 2.24) is 5.32 Å². The molecule has 2 aromatic rings. The van der Waals surface area contributed by atoms with Crippen LogP contribution in [0.5, 0.6) is 5.75 Å². The molecule has 2 aromatic carbocycles. The number of para-hydroxylation sites is 1. The molecule has 2 rings (SSSR count). The Balaban J connectivity index is 2.26. The number of benzene rings is 2. The van der Waals surface area contributed by atoms with E-state index in [-0.39, 0.29) is 12.6 Å². The van der Waals surface area contributed by atoms with Gasteiger partial charge in [-0.3, -0.25) is 5.32 Å². The molecule has 0 aliphatic carbocycles. The molecule has 0 radical (unpaired) electrons. The number of hydrogen-bond donors (Lipinski definition) is 1. The first kappa shape index (κ1) is 15.1. The largest absolute Gasteiger partial charge is 0.490 e. The van der Waals surface area contributed by atoms with Gasteiger partial charge in [-0.25, -0.2) is 0 Å². The third kappa shape index (κ3) is 3.84. The quantitative estimate of drug-likeness (QED) is 0.881. The topological polar surface area (TPSA) is 45.0 Å². The van der Waals surface area contributed by atoms with E-state index in [2.05, 4.69) is 11.4 Å². The van der Waals surface area contributed by atoms with Crippen molar-refractivity contribution in [3.05, 3.63) is 66.2 Å². The van der Waals surface area contributed by atoms with E-state index in [1.807, 2.05) is 74.5 Å². The van der Waals surface area contributed by atoms with Crippen molar-refractivity contribution in [1.29, 1.82) is 5.26 Å². The lowest BCUT2D eigenvalue weighted by atomic mass is 9.91. The molecular weight excluding hydrogens is 260 g/mol. The standard InChI is InChI=1S/C18H20N2O/c1-15(2)20-18(13-19,16-9-5-3-6-10-16)14-21-17-11-7-4-8-12-17/h3-12,15,20H,14H2,1-2H3. The highest BCUT2D eigenvalue weighted by Crippen LogP contribution is 2.23. The molecule has 0 aliphatic rings. The normalized spacial score (nSPS) is 13.4. The molecule has 0 spiro atoms. The van der Waals surface area contributed by atoms with Crippen LogP contribution in [0, 0.1) is 11.3 Å². The Morgan fingerprint density at radius 3 is 2.14 bits per heavy atom. The van der Waals surface area contributed by atoms with Crippen molar-refractivity contribution in [3.8, 4) is 11.8 Å². The van der Waals surface area contributed by atoms with Gasteiger partial charge >= 0.3 is 0 Å². The van der Waals surface area contributed by atoms with Crippen LogP contribution in [-0.2, 0) is 5.54 Å². The van der Waals surface area contributed by atoms with Crippen LogP contribution in [0.4, 0.5) is 0 Å². The van der Waals surface area contributed by atoms with E-state index in [4.69, 9.17) is 4.74 Å². The molecule has 0 saturated heterocycles. The van der Waals surface area contributed by atoms with Gasteiger partial charge in [-0.2, -0.15) is 5.26 Å². The molecule has 0 aromatic heterocycles. The Labute approximate surface area is 126 Å². The fraction of sp³-hybridized carbons (Fsp3) is 0.278. The van der Waals surface area contributed by atoms with Crippen LogP contribution in [0.15, 0.2) is 60.7 Å². The number of nitrogens with zero attached hydrogens (tertiary/aromatic N) is 1. The first-order chi connectivity index (χ1) is 10.2. The molecule has 0 amide bonds. The molecule has 3 heteroatoms. The lowest BCUT2D eigenvalue weighted by molar-refractivity contribution is 0.213. The zero-order chi connectivity index (χ0) is 15.1. The third-order valence-corrected chi connectivity index (χ3v) is 3.19. The van der Waals surface area contributed by atoms with E-state index in [9.17, 15) is 5.26 Å². The van der Waals surface area contributed by atoms with Crippen molar-refractivity contribution >= 4 is 0 Å². The van der Waals surface area contributed by atoms with Crippen LogP contribution in [0.2, 0.25) is 0 Å². The maximum Gasteiger partial charge on any atom is 0.166 e. The fourth-order valence-electron chi connectivity index (χ4n) is 2.26. The SMILES string of the molecule is CC(C)NC(C#N)(COc1ccccc1)c1ccccc1. The fourth-order valence-corrected chi connectivity index (χ4v) is 2.26. The second-order valence-electron chi connectivity index (χ2n) is 5.28. The van der Waals surface area contributed by atoms with E-state index in [0.717, 1.165) is 11.3 Å². The van der Waals surface area contributed by atoms with Gasteiger partial charge in [0.1, 0.15) is 12.4 Å². The van der Waals surface area contributed by atoms with Crippen LogP contribution in [-0.4, -0.2) is 12.6 Å². The van der Waals surface area contributed by atoms with E-state index in [1.165, 1.54) is 0 Å². The average Bonchev–Trinajstić information content (AvgIpc) is 2.53. The summed E-state index contributed by atoms with van der Waals surface area (Å²) in [6.07, 6.45) is 0. The number of nitrogens with one attached hydrogen (secondary N) is 1. The summed E-state index contributed by atoms with van der Waals surface area (Å²) in [5.74, 6) is 0.763. The summed E-state index contributed by atoms with van der Waals surface area (Å²) in [6, 6.07) is 21.8. The summed E-state index contributed by atoms with van der Waals surface area (Å²) in [6.45, 7) is 4.31. The predicted octanol–water partition coefficient (Wildman–Crippen LogP) is 3.48. The Morgan fingerprint density at radius 1 is 1.05 bits per heavy atom. The monoisotopic (exact) mass is 280 g/mol. The molecule has 3 nitrogen and oxygen atoms in total. The zero-order valence-electron chi connectivity index (χ0n) is 12.4. The summed E-state index contributed by atoms with van der Waals surface area (Å²) in [4.78, 5) is 0. The van der Waals surface area contributed by atoms with Crippen molar-refractivity contribution in [2.75, 3.05) is 6.61 Å². The van der Waals surface area contributed by atoms with Crippen molar-refractivity contribution in [2.24, 2.45) is 0 Å². The molecule has 108 valence electrons. The van der Waals surface area contributed by atoms with Crippen LogP contribution >= 0.6 is 0 Å². The first-order valence-corrected chi connectivity index (χ1v) is 7.08. The molecule has 1 unspecified atom stereocenters. The van der Waals surface area contributed by atoms with Crippen molar-refractivity contribution in [2.45, 2.75) is 25.4 Å². The minimum Gasteiger partial charge on any atom is -0.490 e. The van der Waals surface area contributed by atoms with Crippen LogP contribution in [0.3, 0.4) is 0 Å². The van der Waals surface area contributed by atoms with Crippen LogP contribution < -0.4 is 10.1 Å². The van der Waals surface area contributed by atoms with Crippen molar-refractivity contribution < 1.29 is 4.74 Å². The lowest BCUT2D eigenvalue weighted by Gasteiger charge is -2.30. The predicted molar refractivity (Wildman–Crippen MR) is 83.9 cm³/mol. The third-order valence-electron chi connectivity index (χ3n) is 3.19. The number of nitriles is 1. The summed E-state index contributed by atoms with van der Waals surface area (Å²) in [7, 11) is 0. The van der Waals surface area contributed by atoms with Gasteiger partial charge in [0.05, 0.1) is 6.07 Å². The number of hydrogen-bond acceptors (Lipinski definition) is 3. The molecule has 21 heavy (non-hydrogen) atoms. The minimum absolute atomic E-state index is 0.171. The summed E-state index contributed by atoms with van der Waals surface area (Å²) >= 11 is 0. The van der Waals surface area contributed by atoms with Gasteiger partial charge in [0.15, 0.2) is 5.54 Å². The highest BCUT2D eigenvalue weighted by atomic mass is 16.5. The summed E-state index contributed by atoms with van der Waals surface area (Å²) in [5, 5.41) is 13.1. The Bertz CT molecular complexity index is 590. The molecule has 0 bridgehead atoms. The van der Waals surface area contributed by atoms with E-state index < -0.39 is 5.54 Å². The summed E-state index contributed by atoms with van der Waals surface area (Å²) < 4.78 is 5.83. The van der Waals surface area contributed by atoms with Gasteiger partial charge in [-0.15, -0.1) is 0 Å². The van der Waals surface area contributed by atoms with E-state index >= 15 is 0 Å². The van der Waals surface area contributed by atoms with E-state index in [1.54, 1.807) is 0 Å². The van der Waals surface area contributed by atoms with Gasteiger partial charge in [-0.05, 0) is 31.5 Å². The number of rotatable bonds is 6. The number of ether oxygens (including phenoxy) is 1. The average molecular weight is 280 g/mol. The molecular formula is C18H20N2O. The molecule has 0 saturated carbocycles. The molecule has 0 aliphatic heterocycles. The van der Waals surface area contributed by atoms with Crippen LogP contribution in [0.1, 0.15) is 19.4 Å². The second-order valence-corrected chi connectivity index (χ2v) is 5.28. The van der Waals surface area contributed by atoms with E-state index in [0.29, 0.717) is 0 Å². The van der Waals surface area contributed by atoms with Gasteiger partial charge in [0.2, 0.25) is 0 Å². The summed E-state index contributed by atoms with van der Waals surface area (Å²) in [5.41, 5.74) is 0.0581. The van der Waals surface area contributed by atoms with Gasteiger partial charge in [0.25, 0.3) is 0 Å². The van der Waals surface area contributed by atoms with Gasteiger partial charge in [-0.1, -0.05) is 48.5 Å². The van der Waals surface area contributed by atoms with Crippen LogP contribution in [0.25, 0.3) is 0 Å². The van der Waals surface area contributed by atoms with Gasteiger partial charge < -0.3 is 4.74 Å². The lowest BCUT2D eigenvalue weighted by Crippen LogP contribution is -2.49. The Morgan fingerprint density at radius 2 is 1.62 bits per heavy atom. The Kier molecular flexibility index (Phi) is 4.97.